The van der Waals surface area contributed by atoms with E-state index in [2.05, 4.69) is 16.0 Å². The Hall–Kier alpha value is -3.67. The van der Waals surface area contributed by atoms with E-state index in [-0.39, 0.29) is 18.1 Å². The summed E-state index contributed by atoms with van der Waals surface area (Å²) in [5, 5.41) is 34.6. The second-order valence-corrected chi connectivity index (χ2v) is 7.93. The van der Waals surface area contributed by atoms with Crippen LogP contribution < -0.4 is 21.7 Å². The largest absolute Gasteiger partial charge is 0.508 e. The zero-order valence-electron chi connectivity index (χ0n) is 18.6. The number of carboxylic acids is 2. The molecule has 4 atom stereocenters. The van der Waals surface area contributed by atoms with Crippen molar-refractivity contribution in [2.75, 3.05) is 0 Å². The molecule has 0 aromatic heterocycles. The van der Waals surface area contributed by atoms with Crippen molar-refractivity contribution in [1.82, 2.24) is 16.0 Å². The minimum atomic E-state index is -1.48. The second-order valence-electron chi connectivity index (χ2n) is 7.93. The van der Waals surface area contributed by atoms with E-state index < -0.39 is 60.2 Å². The molecule has 0 radical (unpaired) electrons. The van der Waals surface area contributed by atoms with E-state index in [0.29, 0.717) is 5.56 Å². The summed E-state index contributed by atoms with van der Waals surface area (Å²) in [4.78, 5) is 59.8. The first kappa shape index (κ1) is 27.4. The summed E-state index contributed by atoms with van der Waals surface area (Å²) < 4.78 is 0. The first-order valence-corrected chi connectivity index (χ1v) is 10.2. The van der Waals surface area contributed by atoms with Crippen molar-refractivity contribution < 1.29 is 39.3 Å². The van der Waals surface area contributed by atoms with Gasteiger partial charge in [0.15, 0.2) is 0 Å². The van der Waals surface area contributed by atoms with Crippen LogP contribution in [0, 0.1) is 5.92 Å². The average molecular weight is 466 g/mol. The van der Waals surface area contributed by atoms with Crippen molar-refractivity contribution in [2.45, 2.75) is 57.8 Å². The minimum Gasteiger partial charge on any atom is -0.508 e. The highest BCUT2D eigenvalue weighted by molar-refractivity contribution is 5.95. The highest BCUT2D eigenvalue weighted by Crippen LogP contribution is 2.11. The van der Waals surface area contributed by atoms with Crippen LogP contribution in [0.5, 0.6) is 5.75 Å². The maximum absolute atomic E-state index is 12.5. The number of benzene rings is 1. The first-order valence-electron chi connectivity index (χ1n) is 10.2. The van der Waals surface area contributed by atoms with Gasteiger partial charge in [-0.3, -0.25) is 19.2 Å². The summed E-state index contributed by atoms with van der Waals surface area (Å²) in [6.45, 7) is 4.64. The number of hydrogen-bond acceptors (Lipinski definition) is 7. The molecule has 0 spiro atoms. The average Bonchev–Trinajstić information content (AvgIpc) is 2.72. The predicted octanol–water partition coefficient (Wildman–Crippen LogP) is -1.05. The van der Waals surface area contributed by atoms with Crippen LogP contribution in [0.25, 0.3) is 0 Å². The maximum atomic E-state index is 12.5. The van der Waals surface area contributed by atoms with Gasteiger partial charge in [0.1, 0.15) is 23.9 Å². The number of nitrogens with one attached hydrogen (secondary N) is 3. The Morgan fingerprint density at radius 2 is 1.39 bits per heavy atom. The smallest absolute Gasteiger partial charge is 0.326 e. The van der Waals surface area contributed by atoms with Crippen molar-refractivity contribution in [3.05, 3.63) is 29.8 Å². The molecule has 0 aliphatic carbocycles. The van der Waals surface area contributed by atoms with E-state index in [1.54, 1.807) is 13.8 Å². The molecule has 8 N–H and O–H groups in total. The lowest BCUT2D eigenvalue weighted by Crippen LogP contribution is -2.57. The van der Waals surface area contributed by atoms with Gasteiger partial charge >= 0.3 is 11.9 Å². The van der Waals surface area contributed by atoms with Crippen LogP contribution in [-0.2, 0) is 30.4 Å². The first-order chi connectivity index (χ1) is 15.3. The quantitative estimate of drug-likeness (QED) is 0.200. The van der Waals surface area contributed by atoms with Crippen LogP contribution >= 0.6 is 0 Å². The number of amides is 3. The van der Waals surface area contributed by atoms with E-state index in [1.165, 1.54) is 31.2 Å². The number of hydrogen-bond donors (Lipinski definition) is 7. The Morgan fingerprint density at radius 3 is 1.88 bits per heavy atom. The number of carbonyl (C=O) groups is 5. The molecule has 0 fully saturated rings. The summed E-state index contributed by atoms with van der Waals surface area (Å²) in [5.41, 5.74) is 6.26. The van der Waals surface area contributed by atoms with Gasteiger partial charge in [-0.15, -0.1) is 0 Å². The molecule has 4 unspecified atom stereocenters. The van der Waals surface area contributed by atoms with Gasteiger partial charge in [0.2, 0.25) is 17.7 Å². The van der Waals surface area contributed by atoms with Gasteiger partial charge in [0, 0.05) is 6.42 Å². The highest BCUT2D eigenvalue weighted by atomic mass is 16.4. The Balaban J connectivity index is 2.81. The fraction of sp³-hybridized carbons (Fsp3) is 0.476. The van der Waals surface area contributed by atoms with Crippen molar-refractivity contribution in [3.63, 3.8) is 0 Å². The van der Waals surface area contributed by atoms with E-state index in [4.69, 9.17) is 10.8 Å². The standard InChI is InChI=1S/C21H30N4O8/c1-10(2)17(22)20(31)24-14(9-16(27)28)19(30)23-11(3)18(29)25-15(21(32)33)8-12-4-6-13(26)7-5-12/h4-7,10-11,14-15,17,26H,8-9,22H2,1-3H3,(H,23,30)(H,24,31)(H,25,29)(H,27,28)(H,32,33). The molecule has 1 rings (SSSR count). The highest BCUT2D eigenvalue weighted by Gasteiger charge is 2.30. The lowest BCUT2D eigenvalue weighted by Gasteiger charge is -2.23. The van der Waals surface area contributed by atoms with Gasteiger partial charge in [-0.05, 0) is 30.5 Å². The normalized spacial score (nSPS) is 14.5. The molecule has 0 saturated heterocycles. The SMILES string of the molecule is CC(NC(=O)C(CC(=O)O)NC(=O)C(N)C(C)C)C(=O)NC(Cc1ccc(O)cc1)C(=O)O. The van der Waals surface area contributed by atoms with Crippen molar-refractivity contribution in [3.8, 4) is 5.75 Å². The number of aliphatic carboxylic acids is 2. The van der Waals surface area contributed by atoms with Gasteiger partial charge in [-0.25, -0.2) is 4.79 Å². The molecule has 1 aromatic carbocycles. The van der Waals surface area contributed by atoms with Gasteiger partial charge < -0.3 is 37.0 Å². The Kier molecular flexibility index (Phi) is 10.3. The van der Waals surface area contributed by atoms with Crippen molar-refractivity contribution in [1.29, 1.82) is 0 Å². The maximum Gasteiger partial charge on any atom is 0.326 e. The number of rotatable bonds is 12. The summed E-state index contributed by atoms with van der Waals surface area (Å²) in [5.74, 6) is -5.40. The van der Waals surface area contributed by atoms with Crippen LogP contribution in [0.3, 0.4) is 0 Å². The van der Waals surface area contributed by atoms with Crippen LogP contribution in [-0.4, -0.2) is 69.1 Å². The van der Waals surface area contributed by atoms with Gasteiger partial charge in [-0.2, -0.15) is 0 Å². The van der Waals surface area contributed by atoms with E-state index in [1.807, 2.05) is 0 Å². The molecule has 0 aliphatic heterocycles. The Bertz CT molecular complexity index is 872. The minimum absolute atomic E-state index is 0.00310. The van der Waals surface area contributed by atoms with E-state index in [9.17, 15) is 34.2 Å². The Morgan fingerprint density at radius 1 is 0.848 bits per heavy atom. The van der Waals surface area contributed by atoms with Crippen LogP contribution in [0.4, 0.5) is 0 Å². The number of nitrogens with two attached hydrogens (primary N) is 1. The predicted molar refractivity (Wildman–Crippen MR) is 116 cm³/mol. The van der Waals surface area contributed by atoms with Gasteiger partial charge in [-0.1, -0.05) is 26.0 Å². The molecule has 3 amide bonds. The van der Waals surface area contributed by atoms with Crippen LogP contribution in [0.1, 0.15) is 32.8 Å². The summed E-state index contributed by atoms with van der Waals surface area (Å²) in [7, 11) is 0. The fourth-order valence-electron chi connectivity index (χ4n) is 2.70. The van der Waals surface area contributed by atoms with Crippen LogP contribution in [0.15, 0.2) is 24.3 Å². The van der Waals surface area contributed by atoms with E-state index in [0.717, 1.165) is 0 Å². The lowest BCUT2D eigenvalue weighted by molar-refractivity contribution is -0.143. The molecule has 12 nitrogen and oxygen atoms in total. The van der Waals surface area contributed by atoms with E-state index >= 15 is 0 Å². The third-order valence-corrected chi connectivity index (χ3v) is 4.78. The molecule has 0 bridgehead atoms. The lowest BCUT2D eigenvalue weighted by atomic mass is 10.0. The molecule has 0 saturated carbocycles. The van der Waals surface area contributed by atoms with Crippen molar-refractivity contribution >= 4 is 29.7 Å². The third-order valence-electron chi connectivity index (χ3n) is 4.78. The molecular formula is C21H30N4O8. The molecule has 12 heteroatoms. The molecule has 0 aliphatic rings. The summed E-state index contributed by atoms with van der Waals surface area (Å²) in [6.07, 6.45) is -0.817. The zero-order valence-corrected chi connectivity index (χ0v) is 18.6. The van der Waals surface area contributed by atoms with Crippen LogP contribution in [0.2, 0.25) is 0 Å². The molecule has 1 aromatic rings. The number of carboxylic acid groups (broad SMARTS) is 2. The van der Waals surface area contributed by atoms with Gasteiger partial charge in [0.25, 0.3) is 0 Å². The molecular weight excluding hydrogens is 436 g/mol. The number of carbonyl (C=O) groups excluding carboxylic acids is 3. The Labute approximate surface area is 190 Å². The zero-order chi connectivity index (χ0) is 25.3. The topological polar surface area (TPSA) is 208 Å². The van der Waals surface area contributed by atoms with Crippen molar-refractivity contribution in [2.24, 2.45) is 11.7 Å². The molecule has 33 heavy (non-hydrogen) atoms. The van der Waals surface area contributed by atoms with Gasteiger partial charge in [0.05, 0.1) is 12.5 Å². The summed E-state index contributed by atoms with van der Waals surface area (Å²) >= 11 is 0. The number of phenolic OH excluding ortho intramolecular Hbond substituents is 1. The molecule has 182 valence electrons. The number of aromatic hydroxyl groups is 1. The third kappa shape index (κ3) is 9.15. The monoisotopic (exact) mass is 466 g/mol. The summed E-state index contributed by atoms with van der Waals surface area (Å²) in [6, 6.07) is 0.759. The molecule has 0 heterocycles. The second kappa shape index (κ2) is 12.4. The fourth-order valence-corrected chi connectivity index (χ4v) is 2.70. The number of phenols is 1.